The fourth-order valence-electron chi connectivity index (χ4n) is 4.24. The molecular weight excluding hydrogens is 449 g/mol. The maximum Gasteiger partial charge on any atom is 0.472 e. The zero-order valence-electron chi connectivity index (χ0n) is 22.7. The summed E-state index contributed by atoms with van der Waals surface area (Å²) >= 11 is 0. The molecule has 0 aromatic heterocycles. The molecule has 0 saturated carbocycles. The Morgan fingerprint density at radius 1 is 0.794 bits per heavy atom. The summed E-state index contributed by atoms with van der Waals surface area (Å²) in [6, 6.07) is 0. The number of ketones is 1. The van der Waals surface area contributed by atoms with Gasteiger partial charge in [0.1, 0.15) is 5.78 Å². The monoisotopic (exact) mass is 505 g/mol. The van der Waals surface area contributed by atoms with Crippen molar-refractivity contribution in [2.75, 3.05) is 26.8 Å². The smallest absolute Gasteiger partial charge is 0.320 e. The molecule has 2 atom stereocenters. The molecule has 0 radical (unpaired) electrons. The molecule has 0 heterocycles. The predicted octanol–water partition coefficient (Wildman–Crippen LogP) is 7.98. The van der Waals surface area contributed by atoms with E-state index in [9.17, 15) is 14.3 Å². The molecule has 0 spiro atoms. The van der Waals surface area contributed by atoms with Crippen LogP contribution in [-0.4, -0.2) is 37.5 Å². The Balaban J connectivity index is 3.96. The van der Waals surface area contributed by atoms with Crippen LogP contribution < -0.4 is 5.32 Å². The van der Waals surface area contributed by atoms with E-state index in [2.05, 4.69) is 12.2 Å². The van der Waals surface area contributed by atoms with Crippen molar-refractivity contribution >= 4 is 13.6 Å². The highest BCUT2D eigenvalue weighted by Gasteiger charge is 2.24. The summed E-state index contributed by atoms with van der Waals surface area (Å²) in [7, 11) is -2.23. The van der Waals surface area contributed by atoms with Crippen LogP contribution in [0.5, 0.6) is 0 Å². The molecule has 2 N–H and O–H groups in total. The number of hydrogen-bond donors (Lipinski definition) is 2. The van der Waals surface area contributed by atoms with Gasteiger partial charge >= 0.3 is 7.82 Å². The van der Waals surface area contributed by atoms with Gasteiger partial charge in [0.15, 0.2) is 0 Å². The van der Waals surface area contributed by atoms with Gasteiger partial charge in [-0.1, -0.05) is 104 Å². The zero-order valence-corrected chi connectivity index (χ0v) is 23.6. The first-order chi connectivity index (χ1) is 16.4. The first-order valence-corrected chi connectivity index (χ1v) is 15.7. The van der Waals surface area contributed by atoms with Crippen molar-refractivity contribution in [2.24, 2.45) is 5.92 Å². The van der Waals surface area contributed by atoms with Gasteiger partial charge in [-0.05, 0) is 38.8 Å². The molecule has 2 unspecified atom stereocenters. The molecule has 0 amide bonds. The lowest BCUT2D eigenvalue weighted by molar-refractivity contribution is -0.120. The number of rotatable bonds is 27. The molecule has 0 bridgehead atoms. The number of nitrogens with one attached hydrogen (secondary N) is 1. The standard InChI is InChI=1S/C27H56NO5P/c1-4-6-7-8-9-10-11-12-13-14-15-16-17-18-21-26(24-27(29)20-5-2)25-33-34(30,31)32-23-19-22-28-3/h26,28H,4-25H2,1-3H3,(H,30,31). The SMILES string of the molecule is CCCCCCCCCCCCCCCCC(COP(=O)(O)OCCCNC)CC(=O)CCC. The van der Waals surface area contributed by atoms with Crippen molar-refractivity contribution in [3.63, 3.8) is 0 Å². The molecule has 0 aliphatic rings. The topological polar surface area (TPSA) is 84.9 Å². The highest BCUT2D eigenvalue weighted by molar-refractivity contribution is 7.47. The van der Waals surface area contributed by atoms with E-state index in [1.54, 1.807) is 0 Å². The Kier molecular flexibility index (Phi) is 24.2. The van der Waals surface area contributed by atoms with E-state index in [1.807, 2.05) is 14.0 Å². The lowest BCUT2D eigenvalue weighted by atomic mass is 9.94. The normalized spacial score (nSPS) is 14.2. The van der Waals surface area contributed by atoms with Crippen molar-refractivity contribution in [3.05, 3.63) is 0 Å². The second-order valence-electron chi connectivity index (χ2n) is 9.80. The third kappa shape index (κ3) is 23.5. The lowest BCUT2D eigenvalue weighted by Gasteiger charge is -2.19. The molecule has 0 aliphatic heterocycles. The third-order valence-electron chi connectivity index (χ3n) is 6.31. The Hall–Kier alpha value is -0.260. The first kappa shape index (κ1) is 33.7. The molecule has 34 heavy (non-hydrogen) atoms. The van der Waals surface area contributed by atoms with Crippen molar-refractivity contribution < 1.29 is 23.3 Å². The molecule has 0 aromatic carbocycles. The molecule has 6 nitrogen and oxygen atoms in total. The summed E-state index contributed by atoms with van der Waals surface area (Å²) in [6.45, 7) is 5.26. The fraction of sp³-hybridized carbons (Fsp3) is 0.963. The number of Topliss-reactive ketones (excluding diaryl/α,β-unsaturated/α-hetero) is 1. The van der Waals surface area contributed by atoms with Crippen molar-refractivity contribution in [1.29, 1.82) is 0 Å². The van der Waals surface area contributed by atoms with Crippen molar-refractivity contribution in [1.82, 2.24) is 5.32 Å². The van der Waals surface area contributed by atoms with Gasteiger partial charge in [0, 0.05) is 12.8 Å². The van der Waals surface area contributed by atoms with Gasteiger partial charge in [-0.15, -0.1) is 0 Å². The minimum Gasteiger partial charge on any atom is -0.320 e. The van der Waals surface area contributed by atoms with E-state index < -0.39 is 7.82 Å². The molecule has 0 fully saturated rings. The Morgan fingerprint density at radius 3 is 1.82 bits per heavy atom. The molecule has 0 saturated heterocycles. The molecule has 7 heteroatoms. The minimum absolute atomic E-state index is 0.0160. The number of unbranched alkanes of at least 4 members (excludes halogenated alkanes) is 13. The second-order valence-corrected chi connectivity index (χ2v) is 11.3. The van der Waals surface area contributed by atoms with E-state index in [4.69, 9.17) is 9.05 Å². The van der Waals surface area contributed by atoms with Crippen LogP contribution in [-0.2, 0) is 18.4 Å². The van der Waals surface area contributed by atoms with Gasteiger partial charge in [-0.3, -0.25) is 13.8 Å². The van der Waals surface area contributed by atoms with E-state index in [-0.39, 0.29) is 24.9 Å². The number of phosphoric ester groups is 1. The van der Waals surface area contributed by atoms with Crippen LogP contribution >= 0.6 is 7.82 Å². The van der Waals surface area contributed by atoms with Crippen molar-refractivity contribution in [3.8, 4) is 0 Å². The molecule has 204 valence electrons. The van der Waals surface area contributed by atoms with Crippen LogP contribution in [0.1, 0.15) is 136 Å². The lowest BCUT2D eigenvalue weighted by Crippen LogP contribution is -2.15. The Bertz CT molecular complexity index is 503. The van der Waals surface area contributed by atoms with Crippen LogP contribution in [0.2, 0.25) is 0 Å². The van der Waals surface area contributed by atoms with Crippen LogP contribution in [0.3, 0.4) is 0 Å². The van der Waals surface area contributed by atoms with Gasteiger partial charge < -0.3 is 10.2 Å². The fourth-order valence-corrected chi connectivity index (χ4v) is 5.07. The summed E-state index contributed by atoms with van der Waals surface area (Å²) in [4.78, 5) is 22.0. The van der Waals surface area contributed by atoms with E-state index in [0.717, 1.165) is 25.7 Å². The quantitative estimate of drug-likeness (QED) is 0.0869. The highest BCUT2D eigenvalue weighted by atomic mass is 31.2. The van der Waals surface area contributed by atoms with Gasteiger partial charge in [-0.25, -0.2) is 4.57 Å². The zero-order chi connectivity index (χ0) is 25.3. The predicted molar refractivity (Wildman–Crippen MR) is 143 cm³/mol. The number of phosphoric acid groups is 1. The van der Waals surface area contributed by atoms with Crippen LogP contribution in [0, 0.1) is 5.92 Å². The second kappa shape index (κ2) is 24.4. The van der Waals surface area contributed by atoms with Gasteiger partial charge in [0.2, 0.25) is 0 Å². The van der Waals surface area contributed by atoms with E-state index in [0.29, 0.717) is 25.8 Å². The maximum atomic E-state index is 12.1. The van der Waals surface area contributed by atoms with Gasteiger partial charge in [0.05, 0.1) is 13.2 Å². The molecule has 0 aliphatic carbocycles. The minimum atomic E-state index is -4.06. The van der Waals surface area contributed by atoms with Gasteiger partial charge in [0.25, 0.3) is 0 Å². The average molecular weight is 506 g/mol. The third-order valence-corrected chi connectivity index (χ3v) is 7.29. The largest absolute Gasteiger partial charge is 0.472 e. The van der Waals surface area contributed by atoms with E-state index >= 15 is 0 Å². The van der Waals surface area contributed by atoms with Crippen LogP contribution in [0.25, 0.3) is 0 Å². The number of carbonyl (C=O) groups is 1. The maximum absolute atomic E-state index is 12.1. The number of hydrogen-bond acceptors (Lipinski definition) is 5. The molecule has 0 rings (SSSR count). The van der Waals surface area contributed by atoms with E-state index in [1.165, 1.54) is 77.0 Å². The van der Waals surface area contributed by atoms with Crippen LogP contribution in [0.15, 0.2) is 0 Å². The Labute approximate surface area is 211 Å². The van der Waals surface area contributed by atoms with Gasteiger partial charge in [-0.2, -0.15) is 0 Å². The number of carbonyl (C=O) groups excluding carboxylic acids is 1. The van der Waals surface area contributed by atoms with Crippen molar-refractivity contribution in [2.45, 2.75) is 136 Å². The summed E-state index contributed by atoms with van der Waals surface area (Å²) in [5.74, 6) is 0.196. The summed E-state index contributed by atoms with van der Waals surface area (Å²) in [5, 5.41) is 2.97. The summed E-state index contributed by atoms with van der Waals surface area (Å²) in [5.41, 5.74) is 0. The average Bonchev–Trinajstić information content (AvgIpc) is 2.80. The summed E-state index contributed by atoms with van der Waals surface area (Å²) in [6.07, 6.45) is 21.7. The first-order valence-electron chi connectivity index (χ1n) is 14.2. The molecule has 0 aromatic rings. The summed E-state index contributed by atoms with van der Waals surface area (Å²) < 4.78 is 22.4. The Morgan fingerprint density at radius 2 is 1.32 bits per heavy atom. The molecular formula is C27H56NO5P. The van der Waals surface area contributed by atoms with Crippen LogP contribution in [0.4, 0.5) is 0 Å². The highest BCUT2D eigenvalue weighted by Crippen LogP contribution is 2.44.